The number of fused-ring (bicyclic) bond motifs is 1. The SMILES string of the molecule is Fc1ccc(C2C=C(c3ccc(F)c(F)c3)Nc3ncnn32)cc1. The highest BCUT2D eigenvalue weighted by atomic mass is 19.2. The van der Waals surface area contributed by atoms with Gasteiger partial charge in [-0.15, -0.1) is 0 Å². The Morgan fingerprint density at radius 3 is 2.50 bits per heavy atom. The lowest BCUT2D eigenvalue weighted by Crippen LogP contribution is -2.20. The summed E-state index contributed by atoms with van der Waals surface area (Å²) in [7, 11) is 0. The number of aromatic nitrogens is 3. The highest BCUT2D eigenvalue weighted by molar-refractivity contribution is 5.77. The number of halogens is 3. The van der Waals surface area contributed by atoms with Crippen molar-refractivity contribution in [3.8, 4) is 0 Å². The van der Waals surface area contributed by atoms with Crippen molar-refractivity contribution in [2.75, 3.05) is 5.32 Å². The van der Waals surface area contributed by atoms with Gasteiger partial charge in [0.15, 0.2) is 11.6 Å². The van der Waals surface area contributed by atoms with Crippen LogP contribution < -0.4 is 5.32 Å². The maximum atomic E-state index is 13.5. The molecule has 1 aliphatic rings. The highest BCUT2D eigenvalue weighted by Crippen LogP contribution is 2.32. The third-order valence-electron chi connectivity index (χ3n) is 3.85. The van der Waals surface area contributed by atoms with Crippen LogP contribution in [0.2, 0.25) is 0 Å². The molecule has 1 unspecified atom stereocenters. The van der Waals surface area contributed by atoms with Crippen LogP contribution in [0, 0.1) is 17.5 Å². The summed E-state index contributed by atoms with van der Waals surface area (Å²) < 4.78 is 41.5. The van der Waals surface area contributed by atoms with Gasteiger partial charge in [0.2, 0.25) is 5.95 Å². The molecule has 1 aliphatic heterocycles. The van der Waals surface area contributed by atoms with Gasteiger partial charge in [-0.3, -0.25) is 0 Å². The molecule has 24 heavy (non-hydrogen) atoms. The molecule has 0 radical (unpaired) electrons. The van der Waals surface area contributed by atoms with Crippen LogP contribution in [0.15, 0.2) is 54.9 Å². The Kier molecular flexibility index (Phi) is 3.34. The Morgan fingerprint density at radius 1 is 0.958 bits per heavy atom. The van der Waals surface area contributed by atoms with Crippen molar-refractivity contribution in [2.24, 2.45) is 0 Å². The van der Waals surface area contributed by atoms with Gasteiger partial charge in [-0.25, -0.2) is 17.9 Å². The van der Waals surface area contributed by atoms with E-state index in [0.29, 0.717) is 17.2 Å². The third kappa shape index (κ3) is 2.44. The second-order valence-corrected chi connectivity index (χ2v) is 5.36. The number of rotatable bonds is 2. The van der Waals surface area contributed by atoms with Crippen LogP contribution in [0.25, 0.3) is 5.70 Å². The molecule has 2 aromatic carbocycles. The first kappa shape index (κ1) is 14.5. The van der Waals surface area contributed by atoms with E-state index in [9.17, 15) is 13.2 Å². The van der Waals surface area contributed by atoms with Crippen LogP contribution in [-0.2, 0) is 0 Å². The molecular weight excluding hydrogens is 317 g/mol. The Hall–Kier alpha value is -3.09. The van der Waals surface area contributed by atoms with E-state index in [1.807, 2.05) is 6.08 Å². The van der Waals surface area contributed by atoms with Crippen molar-refractivity contribution in [3.05, 3.63) is 83.4 Å². The molecule has 7 heteroatoms. The Labute approximate surface area is 135 Å². The molecule has 1 N–H and O–H groups in total. The molecule has 4 nitrogen and oxygen atoms in total. The molecule has 2 heterocycles. The lowest BCUT2D eigenvalue weighted by atomic mass is 10.0. The largest absolute Gasteiger partial charge is 0.324 e. The van der Waals surface area contributed by atoms with Crippen LogP contribution in [0.4, 0.5) is 19.1 Å². The van der Waals surface area contributed by atoms with E-state index in [2.05, 4.69) is 15.4 Å². The number of nitrogens with one attached hydrogen (secondary N) is 1. The van der Waals surface area contributed by atoms with Crippen LogP contribution in [0.3, 0.4) is 0 Å². The lowest BCUT2D eigenvalue weighted by molar-refractivity contribution is 0.508. The number of hydrogen-bond donors (Lipinski definition) is 1. The lowest BCUT2D eigenvalue weighted by Gasteiger charge is -2.24. The van der Waals surface area contributed by atoms with E-state index >= 15 is 0 Å². The van der Waals surface area contributed by atoms with E-state index in [0.717, 1.165) is 17.7 Å². The predicted octanol–water partition coefficient (Wildman–Crippen LogP) is 3.75. The van der Waals surface area contributed by atoms with Gasteiger partial charge in [0.05, 0.1) is 0 Å². The molecule has 0 spiro atoms. The van der Waals surface area contributed by atoms with Gasteiger partial charge >= 0.3 is 0 Å². The van der Waals surface area contributed by atoms with Crippen molar-refractivity contribution in [2.45, 2.75) is 6.04 Å². The summed E-state index contributed by atoms with van der Waals surface area (Å²) in [5.41, 5.74) is 1.85. The third-order valence-corrected chi connectivity index (χ3v) is 3.85. The first-order chi connectivity index (χ1) is 11.6. The topological polar surface area (TPSA) is 42.7 Å². The number of anilines is 1. The molecule has 0 bridgehead atoms. The summed E-state index contributed by atoms with van der Waals surface area (Å²) in [6, 6.07) is 9.34. The molecule has 0 fully saturated rings. The van der Waals surface area contributed by atoms with E-state index in [1.165, 1.54) is 24.5 Å². The standard InChI is InChI=1S/C17H11F3N4/c18-12-4-1-10(2-5-12)16-8-15(23-17-21-9-22-24(16)17)11-3-6-13(19)14(20)7-11/h1-9,16H,(H,21,22,23). The molecule has 0 aliphatic carbocycles. The van der Waals surface area contributed by atoms with Crippen molar-refractivity contribution >= 4 is 11.6 Å². The number of benzene rings is 2. The van der Waals surface area contributed by atoms with Gasteiger partial charge in [0.25, 0.3) is 0 Å². The average Bonchev–Trinajstić information content (AvgIpc) is 3.06. The summed E-state index contributed by atoms with van der Waals surface area (Å²) in [6.45, 7) is 0. The quantitative estimate of drug-likeness (QED) is 0.779. The van der Waals surface area contributed by atoms with Gasteiger partial charge in [-0.05, 0) is 42.0 Å². The summed E-state index contributed by atoms with van der Waals surface area (Å²) in [5.74, 6) is -1.71. The fourth-order valence-electron chi connectivity index (χ4n) is 2.66. The molecule has 4 rings (SSSR count). The van der Waals surface area contributed by atoms with Crippen molar-refractivity contribution in [1.29, 1.82) is 0 Å². The minimum Gasteiger partial charge on any atom is -0.324 e. The van der Waals surface area contributed by atoms with Gasteiger partial charge in [0, 0.05) is 11.3 Å². The van der Waals surface area contributed by atoms with Gasteiger partial charge in [-0.2, -0.15) is 10.1 Å². The maximum absolute atomic E-state index is 13.5. The predicted molar refractivity (Wildman–Crippen MR) is 82.5 cm³/mol. The summed E-state index contributed by atoms with van der Waals surface area (Å²) in [5, 5.41) is 7.21. The molecule has 0 amide bonds. The Bertz CT molecular complexity index is 931. The Balaban J connectivity index is 1.81. The molecule has 3 aromatic rings. The fraction of sp³-hybridized carbons (Fsp3) is 0.0588. The molecule has 1 atom stereocenters. The normalized spacial score (nSPS) is 16.3. The fourth-order valence-corrected chi connectivity index (χ4v) is 2.66. The zero-order valence-electron chi connectivity index (χ0n) is 12.2. The highest BCUT2D eigenvalue weighted by Gasteiger charge is 2.23. The maximum Gasteiger partial charge on any atom is 0.226 e. The van der Waals surface area contributed by atoms with Crippen LogP contribution in [0.1, 0.15) is 17.2 Å². The van der Waals surface area contributed by atoms with E-state index in [1.54, 1.807) is 16.8 Å². The van der Waals surface area contributed by atoms with Gasteiger partial charge in [0.1, 0.15) is 18.2 Å². The van der Waals surface area contributed by atoms with Crippen molar-refractivity contribution < 1.29 is 13.2 Å². The zero-order chi connectivity index (χ0) is 16.7. The summed E-state index contributed by atoms with van der Waals surface area (Å²) >= 11 is 0. The van der Waals surface area contributed by atoms with Crippen molar-refractivity contribution in [1.82, 2.24) is 14.8 Å². The average molecular weight is 328 g/mol. The Morgan fingerprint density at radius 2 is 1.75 bits per heavy atom. The van der Waals surface area contributed by atoms with Crippen LogP contribution in [0.5, 0.6) is 0 Å². The van der Waals surface area contributed by atoms with Gasteiger partial charge < -0.3 is 5.32 Å². The minimum absolute atomic E-state index is 0.337. The molecular formula is C17H11F3N4. The monoisotopic (exact) mass is 328 g/mol. The second kappa shape index (κ2) is 5.52. The number of nitrogens with zero attached hydrogens (tertiary/aromatic N) is 3. The number of hydrogen-bond acceptors (Lipinski definition) is 3. The second-order valence-electron chi connectivity index (χ2n) is 5.36. The summed E-state index contributed by atoms with van der Waals surface area (Å²) in [6.07, 6.45) is 3.20. The molecule has 120 valence electrons. The molecule has 0 saturated carbocycles. The summed E-state index contributed by atoms with van der Waals surface area (Å²) in [4.78, 5) is 4.12. The van der Waals surface area contributed by atoms with Crippen LogP contribution >= 0.6 is 0 Å². The smallest absolute Gasteiger partial charge is 0.226 e. The van der Waals surface area contributed by atoms with E-state index in [4.69, 9.17) is 0 Å². The first-order valence-corrected chi connectivity index (χ1v) is 7.21. The minimum atomic E-state index is -0.930. The van der Waals surface area contributed by atoms with Crippen LogP contribution in [-0.4, -0.2) is 14.8 Å². The zero-order valence-corrected chi connectivity index (χ0v) is 12.2. The van der Waals surface area contributed by atoms with Crippen molar-refractivity contribution in [3.63, 3.8) is 0 Å². The molecule has 0 saturated heterocycles. The van der Waals surface area contributed by atoms with E-state index < -0.39 is 11.6 Å². The first-order valence-electron chi connectivity index (χ1n) is 7.21. The van der Waals surface area contributed by atoms with E-state index in [-0.39, 0.29) is 11.9 Å². The molecule has 1 aromatic heterocycles. The van der Waals surface area contributed by atoms with Gasteiger partial charge in [-0.1, -0.05) is 12.1 Å². The number of allylic oxidation sites excluding steroid dienone is 1.